The first-order valence-electron chi connectivity index (χ1n) is 7.24. The Morgan fingerprint density at radius 2 is 2.05 bits per heavy atom. The van der Waals surface area contributed by atoms with E-state index in [2.05, 4.69) is 5.32 Å². The summed E-state index contributed by atoms with van der Waals surface area (Å²) in [4.78, 5) is 21.7. The van der Waals surface area contributed by atoms with Crippen molar-refractivity contribution in [2.24, 2.45) is 11.7 Å². The molecule has 1 aromatic carbocycles. The molecule has 6 heteroatoms. The quantitative estimate of drug-likeness (QED) is 0.640. The van der Waals surface area contributed by atoms with E-state index in [0.717, 1.165) is 31.2 Å². The second kappa shape index (κ2) is 6.67. The fourth-order valence-electron chi connectivity index (χ4n) is 2.90. The lowest BCUT2D eigenvalue weighted by atomic mass is 9.85. The maximum atomic E-state index is 11.1. The maximum absolute atomic E-state index is 11.1. The van der Waals surface area contributed by atoms with Gasteiger partial charge in [0.2, 0.25) is 5.91 Å². The average Bonchev–Trinajstić information content (AvgIpc) is 2.46. The van der Waals surface area contributed by atoms with Crippen molar-refractivity contribution in [3.8, 4) is 0 Å². The lowest BCUT2D eigenvalue weighted by Crippen LogP contribution is -2.36. The third kappa shape index (κ3) is 3.78. The van der Waals surface area contributed by atoms with E-state index < -0.39 is 0 Å². The second-order valence-corrected chi connectivity index (χ2v) is 5.65. The predicted molar refractivity (Wildman–Crippen MR) is 79.6 cm³/mol. The number of benzene rings is 1. The van der Waals surface area contributed by atoms with Gasteiger partial charge in [0.05, 0.1) is 4.92 Å². The van der Waals surface area contributed by atoms with E-state index in [1.54, 1.807) is 13.0 Å². The van der Waals surface area contributed by atoms with Gasteiger partial charge >= 0.3 is 0 Å². The first-order valence-corrected chi connectivity index (χ1v) is 7.24. The molecule has 2 rings (SSSR count). The standard InChI is InChI=1S/C15H21N3O3/c1-10-12(3-2-4-14(10)18(20)21)9-17-13-7-5-11(6-8-13)15(16)19/h2-4,11,13,17H,5-9H2,1H3,(H2,16,19). The Balaban J connectivity index is 1.91. The first kappa shape index (κ1) is 15.4. The molecule has 0 saturated heterocycles. The molecule has 6 nitrogen and oxygen atoms in total. The van der Waals surface area contributed by atoms with Crippen molar-refractivity contribution < 1.29 is 9.72 Å². The summed E-state index contributed by atoms with van der Waals surface area (Å²) in [5, 5.41) is 14.4. The summed E-state index contributed by atoms with van der Waals surface area (Å²) < 4.78 is 0. The number of nitrogens with zero attached hydrogens (tertiary/aromatic N) is 1. The minimum atomic E-state index is -0.350. The summed E-state index contributed by atoms with van der Waals surface area (Å²) in [6.07, 6.45) is 3.48. The van der Waals surface area contributed by atoms with Gasteiger partial charge in [-0.3, -0.25) is 14.9 Å². The van der Waals surface area contributed by atoms with Crippen LogP contribution in [0.25, 0.3) is 0 Å². The van der Waals surface area contributed by atoms with Gasteiger partial charge in [-0.2, -0.15) is 0 Å². The Morgan fingerprint density at radius 1 is 1.38 bits per heavy atom. The lowest BCUT2D eigenvalue weighted by molar-refractivity contribution is -0.385. The van der Waals surface area contributed by atoms with E-state index in [4.69, 9.17) is 5.73 Å². The number of amides is 1. The third-order valence-electron chi connectivity index (χ3n) is 4.32. The van der Waals surface area contributed by atoms with Crippen LogP contribution in [-0.2, 0) is 11.3 Å². The van der Waals surface area contributed by atoms with E-state index in [1.807, 2.05) is 6.07 Å². The first-order chi connectivity index (χ1) is 9.99. The van der Waals surface area contributed by atoms with Gasteiger partial charge in [-0.1, -0.05) is 12.1 Å². The molecule has 1 aliphatic rings. The predicted octanol–water partition coefficient (Wildman–Crippen LogP) is 2.04. The number of nitrogens with one attached hydrogen (secondary N) is 1. The highest BCUT2D eigenvalue weighted by atomic mass is 16.6. The highest BCUT2D eigenvalue weighted by molar-refractivity contribution is 5.76. The molecule has 1 saturated carbocycles. The van der Waals surface area contributed by atoms with Crippen molar-refractivity contribution in [3.63, 3.8) is 0 Å². The van der Waals surface area contributed by atoms with Gasteiger partial charge in [-0.25, -0.2) is 0 Å². The van der Waals surface area contributed by atoms with E-state index in [9.17, 15) is 14.9 Å². The summed E-state index contributed by atoms with van der Waals surface area (Å²) in [5.41, 5.74) is 7.13. The molecule has 0 bridgehead atoms. The lowest BCUT2D eigenvalue weighted by Gasteiger charge is -2.27. The number of hydrogen-bond acceptors (Lipinski definition) is 4. The minimum absolute atomic E-state index is 0.00241. The number of carbonyl (C=O) groups is 1. The molecule has 0 unspecified atom stereocenters. The van der Waals surface area contributed by atoms with Crippen LogP contribution >= 0.6 is 0 Å². The third-order valence-corrected chi connectivity index (χ3v) is 4.32. The zero-order valence-corrected chi connectivity index (χ0v) is 12.2. The van der Waals surface area contributed by atoms with E-state index in [-0.39, 0.29) is 22.4 Å². The monoisotopic (exact) mass is 291 g/mol. The minimum Gasteiger partial charge on any atom is -0.369 e. The Hall–Kier alpha value is -1.95. The highest BCUT2D eigenvalue weighted by Gasteiger charge is 2.24. The maximum Gasteiger partial charge on any atom is 0.272 e. The molecular weight excluding hydrogens is 270 g/mol. The molecule has 0 heterocycles. The van der Waals surface area contributed by atoms with Crippen LogP contribution in [0.3, 0.4) is 0 Å². The van der Waals surface area contributed by atoms with Gasteiger partial charge in [-0.05, 0) is 38.2 Å². The van der Waals surface area contributed by atoms with Crippen molar-refractivity contribution in [1.29, 1.82) is 0 Å². The molecule has 0 atom stereocenters. The molecule has 114 valence electrons. The molecule has 0 radical (unpaired) electrons. The summed E-state index contributed by atoms with van der Waals surface area (Å²) in [5.74, 6) is -0.203. The summed E-state index contributed by atoms with van der Waals surface area (Å²) in [6.45, 7) is 2.39. The van der Waals surface area contributed by atoms with Gasteiger partial charge in [0, 0.05) is 30.1 Å². The van der Waals surface area contributed by atoms with Crippen LogP contribution in [0.5, 0.6) is 0 Å². The molecule has 0 aliphatic heterocycles. The molecule has 0 aromatic heterocycles. The topological polar surface area (TPSA) is 98.3 Å². The average molecular weight is 291 g/mol. The van der Waals surface area contributed by atoms with Crippen molar-refractivity contribution in [2.75, 3.05) is 0 Å². The largest absolute Gasteiger partial charge is 0.369 e. The molecule has 3 N–H and O–H groups in total. The van der Waals surface area contributed by atoms with Crippen LogP contribution in [0.1, 0.15) is 36.8 Å². The van der Waals surface area contributed by atoms with Crippen LogP contribution in [0.15, 0.2) is 18.2 Å². The van der Waals surface area contributed by atoms with Gasteiger partial charge in [-0.15, -0.1) is 0 Å². The number of nitrogens with two attached hydrogens (primary N) is 1. The van der Waals surface area contributed by atoms with Gasteiger partial charge in [0.15, 0.2) is 0 Å². The SMILES string of the molecule is Cc1c(CNC2CCC(C(N)=O)CC2)cccc1[N+](=O)[O-]. The molecule has 1 aliphatic carbocycles. The normalized spacial score (nSPS) is 22.0. The van der Waals surface area contributed by atoms with Gasteiger partial charge in [0.1, 0.15) is 0 Å². The molecule has 1 fully saturated rings. The van der Waals surface area contributed by atoms with Gasteiger partial charge in [0.25, 0.3) is 5.69 Å². The second-order valence-electron chi connectivity index (χ2n) is 5.65. The van der Waals surface area contributed by atoms with Gasteiger partial charge < -0.3 is 11.1 Å². The Labute approximate surface area is 123 Å². The van der Waals surface area contributed by atoms with Crippen LogP contribution in [0, 0.1) is 23.0 Å². The number of hydrogen-bond donors (Lipinski definition) is 2. The highest BCUT2D eigenvalue weighted by Crippen LogP contribution is 2.25. The fourth-order valence-corrected chi connectivity index (χ4v) is 2.90. The Bertz CT molecular complexity index is 537. The molecule has 21 heavy (non-hydrogen) atoms. The molecule has 1 amide bonds. The van der Waals surface area contributed by atoms with E-state index >= 15 is 0 Å². The molecule has 0 spiro atoms. The summed E-state index contributed by atoms with van der Waals surface area (Å²) in [6, 6.07) is 5.49. The number of carbonyl (C=O) groups excluding carboxylic acids is 1. The molecule has 1 aromatic rings. The van der Waals surface area contributed by atoms with Crippen LogP contribution in [0.2, 0.25) is 0 Å². The number of rotatable bonds is 5. The number of nitro groups is 1. The van der Waals surface area contributed by atoms with E-state index in [0.29, 0.717) is 18.2 Å². The summed E-state index contributed by atoms with van der Waals surface area (Å²) in [7, 11) is 0. The van der Waals surface area contributed by atoms with Crippen molar-refractivity contribution in [3.05, 3.63) is 39.4 Å². The summed E-state index contributed by atoms with van der Waals surface area (Å²) >= 11 is 0. The fraction of sp³-hybridized carbons (Fsp3) is 0.533. The Kier molecular flexibility index (Phi) is 4.90. The van der Waals surface area contributed by atoms with Crippen molar-refractivity contribution in [1.82, 2.24) is 5.32 Å². The van der Waals surface area contributed by atoms with Crippen LogP contribution in [0.4, 0.5) is 5.69 Å². The van der Waals surface area contributed by atoms with Crippen LogP contribution in [-0.4, -0.2) is 16.9 Å². The number of primary amides is 1. The number of nitro benzene ring substituents is 1. The van der Waals surface area contributed by atoms with E-state index in [1.165, 1.54) is 6.07 Å². The van der Waals surface area contributed by atoms with Crippen molar-refractivity contribution >= 4 is 11.6 Å². The Morgan fingerprint density at radius 3 is 2.62 bits per heavy atom. The zero-order chi connectivity index (χ0) is 15.4. The molecular formula is C15H21N3O3. The smallest absolute Gasteiger partial charge is 0.272 e. The van der Waals surface area contributed by atoms with Crippen LogP contribution < -0.4 is 11.1 Å². The van der Waals surface area contributed by atoms with Crippen molar-refractivity contribution in [2.45, 2.75) is 45.2 Å². The zero-order valence-electron chi connectivity index (χ0n) is 12.2.